The molecule has 5 nitrogen and oxygen atoms in total. The number of carbonyl (C=O) groups excluding carboxylic acids is 2. The number of rotatable bonds is 2. The molecule has 0 bridgehead atoms. The molecule has 3 amide bonds. The summed E-state index contributed by atoms with van der Waals surface area (Å²) >= 11 is 1.57. The van der Waals surface area contributed by atoms with Gasteiger partial charge >= 0.3 is 6.03 Å². The van der Waals surface area contributed by atoms with Crippen LogP contribution in [0.5, 0.6) is 0 Å². The first-order valence-corrected chi connectivity index (χ1v) is 5.92. The predicted octanol–water partition coefficient (Wildman–Crippen LogP) is 1.45. The second-order valence-corrected chi connectivity index (χ2v) is 5.05. The second-order valence-electron chi connectivity index (χ2n) is 3.78. The van der Waals surface area contributed by atoms with Crippen LogP contribution in [0.3, 0.4) is 0 Å². The highest BCUT2D eigenvalue weighted by Gasteiger charge is 2.28. The molecule has 2 heterocycles. The number of aromatic nitrogens is 1. The van der Waals surface area contributed by atoms with E-state index in [1.165, 1.54) is 0 Å². The topological polar surface area (TPSA) is 62.3 Å². The molecule has 0 aliphatic carbocycles. The van der Waals surface area contributed by atoms with Crippen molar-refractivity contribution in [3.63, 3.8) is 0 Å². The van der Waals surface area contributed by atoms with E-state index in [9.17, 15) is 9.59 Å². The molecule has 1 N–H and O–H groups in total. The molecule has 0 radical (unpaired) electrons. The molecule has 1 atom stereocenters. The molecule has 1 aromatic rings. The van der Waals surface area contributed by atoms with Gasteiger partial charge in [0.25, 0.3) is 0 Å². The Bertz CT molecular complexity index is 429. The lowest BCUT2D eigenvalue weighted by atomic mass is 10.2. The van der Waals surface area contributed by atoms with Gasteiger partial charge in [0.15, 0.2) is 0 Å². The van der Waals surface area contributed by atoms with E-state index in [1.807, 2.05) is 13.8 Å². The van der Waals surface area contributed by atoms with Crippen molar-refractivity contribution in [1.82, 2.24) is 15.2 Å². The van der Waals surface area contributed by atoms with Crippen molar-refractivity contribution < 1.29 is 9.59 Å². The third-order valence-corrected chi connectivity index (χ3v) is 3.63. The SMILES string of the molecule is Cc1cnc(C(C)N2CCC(=O)NC2=O)s1. The van der Waals surface area contributed by atoms with Gasteiger partial charge in [-0.3, -0.25) is 10.1 Å². The molecule has 0 spiro atoms. The lowest BCUT2D eigenvalue weighted by Gasteiger charge is -2.30. The summed E-state index contributed by atoms with van der Waals surface area (Å²) < 4.78 is 0. The fraction of sp³-hybridized carbons (Fsp3) is 0.500. The Hall–Kier alpha value is -1.43. The maximum atomic E-state index is 11.6. The molecule has 0 saturated carbocycles. The first-order chi connectivity index (χ1) is 7.58. The first kappa shape index (κ1) is 11.1. The van der Waals surface area contributed by atoms with Crippen molar-refractivity contribution in [3.05, 3.63) is 16.1 Å². The summed E-state index contributed by atoms with van der Waals surface area (Å²) in [7, 11) is 0. The molecule has 1 aliphatic heterocycles. The minimum atomic E-state index is -0.323. The Balaban J connectivity index is 2.13. The number of imide groups is 1. The fourth-order valence-electron chi connectivity index (χ4n) is 1.65. The number of thiazole rings is 1. The van der Waals surface area contributed by atoms with Gasteiger partial charge in [0.05, 0.1) is 6.04 Å². The van der Waals surface area contributed by atoms with E-state index >= 15 is 0 Å². The Morgan fingerprint density at radius 2 is 2.31 bits per heavy atom. The number of nitrogens with zero attached hydrogens (tertiary/aromatic N) is 2. The number of urea groups is 1. The van der Waals surface area contributed by atoms with Gasteiger partial charge in [0, 0.05) is 24.0 Å². The molecule has 6 heteroatoms. The second kappa shape index (κ2) is 4.21. The first-order valence-electron chi connectivity index (χ1n) is 5.10. The number of hydrogen-bond acceptors (Lipinski definition) is 4. The normalized spacial score (nSPS) is 18.5. The fourth-order valence-corrected chi connectivity index (χ4v) is 2.48. The van der Waals surface area contributed by atoms with Crippen molar-refractivity contribution in [1.29, 1.82) is 0 Å². The Morgan fingerprint density at radius 1 is 1.56 bits per heavy atom. The lowest BCUT2D eigenvalue weighted by molar-refractivity contribution is -0.121. The van der Waals surface area contributed by atoms with Crippen LogP contribution in [-0.2, 0) is 4.79 Å². The molecule has 0 aromatic carbocycles. The van der Waals surface area contributed by atoms with E-state index < -0.39 is 0 Å². The van der Waals surface area contributed by atoms with Crippen LogP contribution >= 0.6 is 11.3 Å². The number of hydrogen-bond donors (Lipinski definition) is 1. The average Bonchev–Trinajstić information content (AvgIpc) is 2.64. The Morgan fingerprint density at radius 3 is 2.88 bits per heavy atom. The summed E-state index contributed by atoms with van der Waals surface area (Å²) in [6.45, 7) is 4.37. The summed E-state index contributed by atoms with van der Waals surface area (Å²) in [4.78, 5) is 29.6. The van der Waals surface area contributed by atoms with Crippen molar-refractivity contribution in [2.75, 3.05) is 6.54 Å². The van der Waals surface area contributed by atoms with E-state index in [4.69, 9.17) is 0 Å². The molecule has 1 saturated heterocycles. The van der Waals surface area contributed by atoms with Crippen molar-refractivity contribution in [2.45, 2.75) is 26.3 Å². The van der Waals surface area contributed by atoms with E-state index in [-0.39, 0.29) is 18.0 Å². The average molecular weight is 239 g/mol. The van der Waals surface area contributed by atoms with Crippen LogP contribution in [-0.4, -0.2) is 28.4 Å². The van der Waals surface area contributed by atoms with Gasteiger partial charge in [-0.1, -0.05) is 0 Å². The molecule has 1 aromatic heterocycles. The van der Waals surface area contributed by atoms with Gasteiger partial charge in [-0.2, -0.15) is 0 Å². The van der Waals surface area contributed by atoms with Crippen molar-refractivity contribution in [2.24, 2.45) is 0 Å². The van der Waals surface area contributed by atoms with Gasteiger partial charge in [0.1, 0.15) is 5.01 Å². The third kappa shape index (κ3) is 2.06. The summed E-state index contributed by atoms with van der Waals surface area (Å²) in [5.74, 6) is -0.205. The quantitative estimate of drug-likeness (QED) is 0.849. The van der Waals surface area contributed by atoms with Gasteiger partial charge in [-0.15, -0.1) is 11.3 Å². The standard InChI is InChI=1S/C10H13N3O2S/c1-6-5-11-9(16-6)7(2)13-4-3-8(14)12-10(13)15/h5,7H,3-4H2,1-2H3,(H,12,14,15). The summed E-state index contributed by atoms with van der Waals surface area (Å²) in [6, 6.07) is -0.400. The molecular formula is C10H13N3O2S. The molecule has 1 fully saturated rings. The van der Waals surface area contributed by atoms with Crippen LogP contribution in [0.25, 0.3) is 0 Å². The van der Waals surface area contributed by atoms with E-state index in [0.29, 0.717) is 13.0 Å². The zero-order valence-electron chi connectivity index (χ0n) is 9.19. The van der Waals surface area contributed by atoms with E-state index in [1.54, 1.807) is 22.4 Å². The highest BCUT2D eigenvalue weighted by molar-refractivity contribution is 7.11. The molecule has 1 unspecified atom stereocenters. The van der Waals surface area contributed by atoms with Crippen LogP contribution in [0, 0.1) is 6.92 Å². The zero-order valence-corrected chi connectivity index (χ0v) is 10.0. The van der Waals surface area contributed by atoms with Gasteiger partial charge < -0.3 is 4.90 Å². The number of carbonyl (C=O) groups is 2. The maximum Gasteiger partial charge on any atom is 0.324 e. The highest BCUT2D eigenvalue weighted by Crippen LogP contribution is 2.25. The Labute approximate surface area is 97.5 Å². The lowest BCUT2D eigenvalue weighted by Crippen LogP contribution is -2.50. The number of nitrogens with one attached hydrogen (secondary N) is 1. The number of aryl methyl sites for hydroxylation is 1. The maximum absolute atomic E-state index is 11.6. The van der Waals surface area contributed by atoms with Crippen LogP contribution in [0.1, 0.15) is 29.3 Å². The zero-order chi connectivity index (χ0) is 11.7. The van der Waals surface area contributed by atoms with E-state index in [2.05, 4.69) is 10.3 Å². The summed E-state index contributed by atoms with van der Waals surface area (Å²) in [5, 5.41) is 3.22. The van der Waals surface area contributed by atoms with Crippen LogP contribution in [0.15, 0.2) is 6.20 Å². The molecule has 86 valence electrons. The third-order valence-electron chi connectivity index (χ3n) is 2.55. The molecule has 2 rings (SSSR count). The highest BCUT2D eigenvalue weighted by atomic mass is 32.1. The van der Waals surface area contributed by atoms with Crippen molar-refractivity contribution >= 4 is 23.3 Å². The minimum absolute atomic E-state index is 0.0770. The molecule has 1 aliphatic rings. The van der Waals surface area contributed by atoms with Crippen LogP contribution < -0.4 is 5.32 Å². The van der Waals surface area contributed by atoms with Crippen LogP contribution in [0.2, 0.25) is 0 Å². The summed E-state index contributed by atoms with van der Waals surface area (Å²) in [6.07, 6.45) is 2.16. The molecule has 16 heavy (non-hydrogen) atoms. The van der Waals surface area contributed by atoms with Crippen molar-refractivity contribution in [3.8, 4) is 0 Å². The minimum Gasteiger partial charge on any atom is -0.315 e. The number of amides is 3. The monoisotopic (exact) mass is 239 g/mol. The smallest absolute Gasteiger partial charge is 0.315 e. The van der Waals surface area contributed by atoms with Gasteiger partial charge in [0.2, 0.25) is 5.91 Å². The van der Waals surface area contributed by atoms with Gasteiger partial charge in [-0.05, 0) is 13.8 Å². The van der Waals surface area contributed by atoms with E-state index in [0.717, 1.165) is 9.88 Å². The predicted molar refractivity (Wildman–Crippen MR) is 60.1 cm³/mol. The largest absolute Gasteiger partial charge is 0.324 e. The molecular weight excluding hydrogens is 226 g/mol. The van der Waals surface area contributed by atoms with Crippen LogP contribution in [0.4, 0.5) is 4.79 Å². The Kier molecular flexibility index (Phi) is 2.91. The summed E-state index contributed by atoms with van der Waals surface area (Å²) in [5.41, 5.74) is 0. The van der Waals surface area contributed by atoms with Gasteiger partial charge in [-0.25, -0.2) is 9.78 Å².